The summed E-state index contributed by atoms with van der Waals surface area (Å²) in [5.74, 6) is 0. The second-order valence-electron chi connectivity index (χ2n) is 6.67. The molecule has 2 atom stereocenters. The summed E-state index contributed by atoms with van der Waals surface area (Å²) >= 11 is 0. The number of nitrogens with one attached hydrogen (secondary N) is 2. The maximum Gasteiger partial charge on any atom is 0.315 e. The van der Waals surface area contributed by atoms with E-state index in [-0.39, 0.29) is 12.1 Å². The van der Waals surface area contributed by atoms with Gasteiger partial charge in [0.05, 0.1) is 11.7 Å². The van der Waals surface area contributed by atoms with Crippen molar-refractivity contribution in [1.29, 1.82) is 0 Å². The van der Waals surface area contributed by atoms with E-state index in [1.54, 1.807) is 6.20 Å². The van der Waals surface area contributed by atoms with Gasteiger partial charge in [-0.1, -0.05) is 30.3 Å². The first kappa shape index (κ1) is 17.4. The molecule has 2 aromatic rings. The van der Waals surface area contributed by atoms with Crippen LogP contribution in [0.4, 0.5) is 4.79 Å². The van der Waals surface area contributed by atoms with Crippen molar-refractivity contribution in [3.63, 3.8) is 0 Å². The Morgan fingerprint density at radius 1 is 1.16 bits per heavy atom. The molecule has 5 nitrogen and oxygen atoms in total. The average Bonchev–Trinajstić information content (AvgIpc) is 2.66. The van der Waals surface area contributed by atoms with Gasteiger partial charge in [0.1, 0.15) is 0 Å². The first-order valence-corrected chi connectivity index (χ1v) is 8.89. The minimum atomic E-state index is -0.151. The van der Waals surface area contributed by atoms with E-state index in [1.807, 2.05) is 25.1 Å². The SMILES string of the molecule is C[C@H](NC(=O)NC[C@H](C)N1CCc2ccccc2C1)c1ccccn1. The standard InChI is InChI=1S/C20H26N4O/c1-15(24-12-10-17-7-3-4-8-18(17)14-24)13-22-20(25)23-16(2)19-9-5-6-11-21-19/h3-9,11,15-16H,10,12-14H2,1-2H3,(H2,22,23,25)/t15-,16-/m0/s1. The van der Waals surface area contributed by atoms with Crippen LogP contribution in [0.3, 0.4) is 0 Å². The van der Waals surface area contributed by atoms with Crippen molar-refractivity contribution in [2.75, 3.05) is 13.1 Å². The fourth-order valence-electron chi connectivity index (χ4n) is 3.22. The van der Waals surface area contributed by atoms with E-state index in [2.05, 4.69) is 51.7 Å². The molecule has 25 heavy (non-hydrogen) atoms. The summed E-state index contributed by atoms with van der Waals surface area (Å²) in [6.07, 6.45) is 2.81. The van der Waals surface area contributed by atoms with Gasteiger partial charge >= 0.3 is 6.03 Å². The van der Waals surface area contributed by atoms with Crippen LogP contribution in [0.2, 0.25) is 0 Å². The Morgan fingerprint density at radius 3 is 2.68 bits per heavy atom. The molecule has 2 N–H and O–H groups in total. The summed E-state index contributed by atoms with van der Waals surface area (Å²) in [4.78, 5) is 18.8. The third kappa shape index (κ3) is 4.57. The van der Waals surface area contributed by atoms with Gasteiger partial charge in [-0.15, -0.1) is 0 Å². The molecule has 1 aliphatic heterocycles. The van der Waals surface area contributed by atoms with E-state index < -0.39 is 0 Å². The van der Waals surface area contributed by atoms with E-state index in [4.69, 9.17) is 0 Å². The van der Waals surface area contributed by atoms with Gasteiger partial charge in [0, 0.05) is 31.9 Å². The molecule has 0 radical (unpaired) electrons. The molecule has 0 aliphatic carbocycles. The predicted molar refractivity (Wildman–Crippen MR) is 99.2 cm³/mol. The molecule has 5 heteroatoms. The Balaban J connectivity index is 1.46. The highest BCUT2D eigenvalue weighted by Gasteiger charge is 2.21. The highest BCUT2D eigenvalue weighted by Crippen LogP contribution is 2.19. The van der Waals surface area contributed by atoms with E-state index in [0.717, 1.165) is 25.2 Å². The zero-order chi connectivity index (χ0) is 17.6. The van der Waals surface area contributed by atoms with Crippen LogP contribution in [0.25, 0.3) is 0 Å². The smallest absolute Gasteiger partial charge is 0.315 e. The van der Waals surface area contributed by atoms with Gasteiger partial charge in [0.15, 0.2) is 0 Å². The predicted octanol–water partition coefficient (Wildman–Crippen LogP) is 2.89. The number of carbonyl (C=O) groups excluding carboxylic acids is 1. The van der Waals surface area contributed by atoms with E-state index in [0.29, 0.717) is 12.6 Å². The van der Waals surface area contributed by atoms with Gasteiger partial charge in [0.25, 0.3) is 0 Å². The summed E-state index contributed by atoms with van der Waals surface area (Å²) in [6.45, 7) is 6.71. The molecule has 1 aromatic carbocycles. The second kappa shape index (κ2) is 8.12. The number of aromatic nitrogens is 1. The Kier molecular flexibility index (Phi) is 5.66. The second-order valence-corrected chi connectivity index (χ2v) is 6.67. The molecule has 1 aliphatic rings. The summed E-state index contributed by atoms with van der Waals surface area (Å²) < 4.78 is 0. The molecule has 0 spiro atoms. The molecule has 0 bridgehead atoms. The van der Waals surface area contributed by atoms with Gasteiger partial charge in [-0.05, 0) is 43.5 Å². The number of urea groups is 1. The highest BCUT2D eigenvalue weighted by atomic mass is 16.2. The van der Waals surface area contributed by atoms with Crippen molar-refractivity contribution >= 4 is 6.03 Å². The van der Waals surface area contributed by atoms with Crippen LogP contribution in [0.15, 0.2) is 48.7 Å². The van der Waals surface area contributed by atoms with E-state index >= 15 is 0 Å². The van der Waals surface area contributed by atoms with Gasteiger partial charge in [-0.25, -0.2) is 4.79 Å². The molecular weight excluding hydrogens is 312 g/mol. The number of carbonyl (C=O) groups is 1. The molecule has 0 saturated heterocycles. The minimum absolute atomic E-state index is 0.113. The molecule has 2 heterocycles. The number of benzene rings is 1. The minimum Gasteiger partial charge on any atom is -0.337 e. The lowest BCUT2D eigenvalue weighted by Crippen LogP contribution is -2.47. The largest absolute Gasteiger partial charge is 0.337 e. The molecular formula is C20H26N4O. The Bertz CT molecular complexity index is 704. The molecule has 132 valence electrons. The van der Waals surface area contributed by atoms with E-state index in [9.17, 15) is 4.79 Å². The van der Waals surface area contributed by atoms with Crippen molar-refractivity contribution in [2.24, 2.45) is 0 Å². The number of amides is 2. The lowest BCUT2D eigenvalue weighted by molar-refractivity contribution is 0.184. The van der Waals surface area contributed by atoms with Gasteiger partial charge in [0.2, 0.25) is 0 Å². The van der Waals surface area contributed by atoms with Crippen LogP contribution in [-0.2, 0) is 13.0 Å². The lowest BCUT2D eigenvalue weighted by Gasteiger charge is -2.33. The monoisotopic (exact) mass is 338 g/mol. The Labute approximate surface area is 149 Å². The summed E-state index contributed by atoms with van der Waals surface area (Å²) in [7, 11) is 0. The lowest BCUT2D eigenvalue weighted by atomic mass is 9.99. The van der Waals surface area contributed by atoms with Gasteiger partial charge < -0.3 is 10.6 Å². The molecule has 1 aromatic heterocycles. The normalized spacial score (nSPS) is 16.6. The van der Waals surface area contributed by atoms with Crippen molar-refractivity contribution in [3.05, 3.63) is 65.5 Å². The number of hydrogen-bond acceptors (Lipinski definition) is 3. The van der Waals surface area contributed by atoms with Crippen LogP contribution in [0.1, 0.15) is 36.7 Å². The Hall–Kier alpha value is -2.40. The Morgan fingerprint density at radius 2 is 1.92 bits per heavy atom. The van der Waals surface area contributed by atoms with Crippen LogP contribution in [-0.4, -0.2) is 35.0 Å². The third-order valence-electron chi connectivity index (χ3n) is 4.82. The van der Waals surface area contributed by atoms with E-state index in [1.165, 1.54) is 11.1 Å². The molecule has 3 rings (SSSR count). The quantitative estimate of drug-likeness (QED) is 0.881. The first-order valence-electron chi connectivity index (χ1n) is 8.89. The number of rotatable bonds is 5. The summed E-state index contributed by atoms with van der Waals surface area (Å²) in [5, 5.41) is 5.92. The maximum absolute atomic E-state index is 12.1. The average molecular weight is 338 g/mol. The number of hydrogen-bond donors (Lipinski definition) is 2. The fourth-order valence-corrected chi connectivity index (χ4v) is 3.22. The highest BCUT2D eigenvalue weighted by molar-refractivity contribution is 5.74. The topological polar surface area (TPSA) is 57.3 Å². The zero-order valence-corrected chi connectivity index (χ0v) is 14.9. The summed E-state index contributed by atoms with van der Waals surface area (Å²) in [5.41, 5.74) is 3.70. The first-order chi connectivity index (χ1) is 12.1. The molecule has 2 amide bonds. The number of pyridine rings is 1. The van der Waals surface area contributed by atoms with Crippen molar-refractivity contribution in [2.45, 2.75) is 38.9 Å². The molecule has 0 unspecified atom stereocenters. The van der Waals surface area contributed by atoms with Crippen LogP contribution in [0.5, 0.6) is 0 Å². The van der Waals surface area contributed by atoms with Crippen molar-refractivity contribution in [3.8, 4) is 0 Å². The van der Waals surface area contributed by atoms with Gasteiger partial charge in [-0.2, -0.15) is 0 Å². The third-order valence-corrected chi connectivity index (χ3v) is 4.82. The van der Waals surface area contributed by atoms with Crippen molar-refractivity contribution < 1.29 is 4.79 Å². The zero-order valence-electron chi connectivity index (χ0n) is 14.9. The van der Waals surface area contributed by atoms with Crippen LogP contribution in [0, 0.1) is 0 Å². The molecule has 0 saturated carbocycles. The van der Waals surface area contributed by atoms with Crippen LogP contribution >= 0.6 is 0 Å². The van der Waals surface area contributed by atoms with Crippen LogP contribution < -0.4 is 10.6 Å². The number of fused-ring (bicyclic) bond motifs is 1. The number of nitrogens with zero attached hydrogens (tertiary/aromatic N) is 2. The summed E-state index contributed by atoms with van der Waals surface area (Å²) in [6, 6.07) is 14.3. The maximum atomic E-state index is 12.1. The van der Waals surface area contributed by atoms with Crippen molar-refractivity contribution in [1.82, 2.24) is 20.5 Å². The fraction of sp³-hybridized carbons (Fsp3) is 0.400. The molecule has 0 fully saturated rings. The van der Waals surface area contributed by atoms with Gasteiger partial charge in [-0.3, -0.25) is 9.88 Å².